The summed E-state index contributed by atoms with van der Waals surface area (Å²) in [7, 11) is 2.04. The fourth-order valence-electron chi connectivity index (χ4n) is 2.55. The highest BCUT2D eigenvalue weighted by Gasteiger charge is 2.16. The van der Waals surface area contributed by atoms with Gasteiger partial charge in [0.2, 0.25) is 0 Å². The summed E-state index contributed by atoms with van der Waals surface area (Å²) in [6.45, 7) is 0.959. The van der Waals surface area contributed by atoms with Gasteiger partial charge in [-0.1, -0.05) is 30.3 Å². The molecule has 1 aliphatic rings. The first-order chi connectivity index (χ1) is 8.40. The van der Waals surface area contributed by atoms with Crippen LogP contribution in [0.3, 0.4) is 0 Å². The lowest BCUT2D eigenvalue weighted by molar-refractivity contribution is 0.00866. The van der Waals surface area contributed by atoms with Crippen molar-refractivity contribution in [1.29, 1.82) is 0 Å². The van der Waals surface area contributed by atoms with Gasteiger partial charge in [0.1, 0.15) is 0 Å². The van der Waals surface area contributed by atoms with Crippen molar-refractivity contribution in [2.24, 2.45) is 0 Å². The van der Waals surface area contributed by atoms with Gasteiger partial charge in [0.25, 0.3) is 0 Å². The monoisotopic (exact) mass is 233 g/mol. The Morgan fingerprint density at radius 2 is 2.12 bits per heavy atom. The number of hydrogen-bond acceptors (Lipinski definition) is 2. The van der Waals surface area contributed by atoms with E-state index in [4.69, 9.17) is 4.74 Å². The quantitative estimate of drug-likeness (QED) is 0.842. The van der Waals surface area contributed by atoms with Crippen molar-refractivity contribution >= 4 is 0 Å². The molecule has 2 heteroatoms. The fourth-order valence-corrected chi connectivity index (χ4v) is 2.55. The summed E-state index contributed by atoms with van der Waals surface area (Å²) < 4.78 is 5.78. The summed E-state index contributed by atoms with van der Waals surface area (Å²) in [5.41, 5.74) is 1.38. The van der Waals surface area contributed by atoms with Crippen LogP contribution >= 0.6 is 0 Å². The van der Waals surface area contributed by atoms with Gasteiger partial charge in [-0.2, -0.15) is 0 Å². The van der Waals surface area contributed by atoms with Crippen molar-refractivity contribution in [3.63, 3.8) is 0 Å². The second-order valence-electron chi connectivity index (χ2n) is 4.82. The minimum absolute atomic E-state index is 0.460. The van der Waals surface area contributed by atoms with Crippen LogP contribution in [-0.4, -0.2) is 19.8 Å². The Hall–Kier alpha value is -0.860. The molecule has 0 spiro atoms. The van der Waals surface area contributed by atoms with E-state index in [9.17, 15) is 0 Å². The van der Waals surface area contributed by atoms with Crippen LogP contribution in [0.5, 0.6) is 0 Å². The maximum atomic E-state index is 5.78. The van der Waals surface area contributed by atoms with Crippen molar-refractivity contribution in [2.45, 2.75) is 44.2 Å². The van der Waals surface area contributed by atoms with Gasteiger partial charge in [-0.25, -0.2) is 0 Å². The highest BCUT2D eigenvalue weighted by Crippen LogP contribution is 2.23. The van der Waals surface area contributed by atoms with E-state index < -0.39 is 0 Å². The van der Waals surface area contributed by atoms with Crippen LogP contribution in [0.2, 0.25) is 0 Å². The predicted molar refractivity (Wildman–Crippen MR) is 71.1 cm³/mol. The van der Waals surface area contributed by atoms with Gasteiger partial charge in [0.15, 0.2) is 0 Å². The molecule has 0 saturated carbocycles. The van der Waals surface area contributed by atoms with Gasteiger partial charge in [0.05, 0.1) is 6.10 Å². The molecule has 1 aromatic carbocycles. The normalized spacial score (nSPS) is 22.3. The van der Waals surface area contributed by atoms with Crippen LogP contribution in [0, 0.1) is 0 Å². The Labute approximate surface area is 104 Å². The van der Waals surface area contributed by atoms with Crippen LogP contribution in [0.4, 0.5) is 0 Å². The first kappa shape index (κ1) is 12.6. The molecule has 1 aromatic rings. The summed E-state index contributed by atoms with van der Waals surface area (Å²) in [4.78, 5) is 0. The third-order valence-corrected chi connectivity index (χ3v) is 3.60. The molecule has 1 fully saturated rings. The molecule has 17 heavy (non-hydrogen) atoms. The molecule has 2 atom stereocenters. The van der Waals surface area contributed by atoms with Gasteiger partial charge in [0, 0.05) is 12.6 Å². The Balaban J connectivity index is 1.83. The van der Waals surface area contributed by atoms with Crippen molar-refractivity contribution < 1.29 is 4.74 Å². The second kappa shape index (κ2) is 6.77. The first-order valence-corrected chi connectivity index (χ1v) is 6.74. The van der Waals surface area contributed by atoms with Crippen molar-refractivity contribution in [1.82, 2.24) is 5.32 Å². The Morgan fingerprint density at radius 3 is 2.76 bits per heavy atom. The number of rotatable bonds is 5. The van der Waals surface area contributed by atoms with Crippen LogP contribution < -0.4 is 5.32 Å². The van der Waals surface area contributed by atoms with Gasteiger partial charge >= 0.3 is 0 Å². The number of hydrogen-bond donors (Lipinski definition) is 1. The molecule has 1 aliphatic heterocycles. The molecule has 1 saturated heterocycles. The van der Waals surface area contributed by atoms with E-state index in [1.807, 2.05) is 7.05 Å². The molecule has 2 unspecified atom stereocenters. The molecular weight excluding hydrogens is 210 g/mol. The van der Waals surface area contributed by atoms with E-state index in [1.54, 1.807) is 0 Å². The zero-order chi connectivity index (χ0) is 11.9. The van der Waals surface area contributed by atoms with Crippen molar-refractivity contribution in [3.8, 4) is 0 Å². The molecule has 2 nitrogen and oxygen atoms in total. The molecule has 0 radical (unpaired) electrons. The SMILES string of the molecule is CNC(CCC1CCCCO1)c1ccccc1. The highest BCUT2D eigenvalue weighted by atomic mass is 16.5. The number of benzene rings is 1. The van der Waals surface area contributed by atoms with E-state index in [2.05, 4.69) is 35.6 Å². The number of ether oxygens (including phenoxy) is 1. The Kier molecular flexibility index (Phi) is 5.02. The third-order valence-electron chi connectivity index (χ3n) is 3.60. The molecule has 2 rings (SSSR count). The second-order valence-corrected chi connectivity index (χ2v) is 4.82. The number of nitrogens with one attached hydrogen (secondary N) is 1. The lowest BCUT2D eigenvalue weighted by Gasteiger charge is -2.25. The van der Waals surface area contributed by atoms with Crippen molar-refractivity contribution in [3.05, 3.63) is 35.9 Å². The van der Waals surface area contributed by atoms with E-state index in [1.165, 1.54) is 31.2 Å². The minimum Gasteiger partial charge on any atom is -0.378 e. The molecule has 0 aromatic heterocycles. The van der Waals surface area contributed by atoms with E-state index >= 15 is 0 Å². The van der Waals surface area contributed by atoms with Gasteiger partial charge in [-0.3, -0.25) is 0 Å². The van der Waals surface area contributed by atoms with Crippen LogP contribution in [0.15, 0.2) is 30.3 Å². The predicted octanol–water partition coefficient (Wildman–Crippen LogP) is 3.30. The summed E-state index contributed by atoms with van der Waals surface area (Å²) in [6, 6.07) is 11.1. The summed E-state index contributed by atoms with van der Waals surface area (Å²) in [5, 5.41) is 3.40. The molecular formula is C15H23NO. The zero-order valence-electron chi connectivity index (χ0n) is 10.7. The van der Waals surface area contributed by atoms with E-state index in [-0.39, 0.29) is 0 Å². The molecule has 94 valence electrons. The smallest absolute Gasteiger partial charge is 0.0575 e. The zero-order valence-corrected chi connectivity index (χ0v) is 10.7. The molecule has 0 aliphatic carbocycles. The molecule has 1 N–H and O–H groups in total. The average Bonchev–Trinajstić information content (AvgIpc) is 2.42. The van der Waals surface area contributed by atoms with Crippen molar-refractivity contribution in [2.75, 3.05) is 13.7 Å². The summed E-state index contributed by atoms with van der Waals surface area (Å²) in [5.74, 6) is 0. The van der Waals surface area contributed by atoms with Gasteiger partial charge in [-0.05, 0) is 44.7 Å². The summed E-state index contributed by atoms with van der Waals surface area (Å²) in [6.07, 6.45) is 6.63. The van der Waals surface area contributed by atoms with Gasteiger partial charge < -0.3 is 10.1 Å². The van der Waals surface area contributed by atoms with E-state index in [0.29, 0.717) is 12.1 Å². The minimum atomic E-state index is 0.460. The third kappa shape index (κ3) is 3.83. The fraction of sp³-hybridized carbons (Fsp3) is 0.600. The Morgan fingerprint density at radius 1 is 1.29 bits per heavy atom. The maximum absolute atomic E-state index is 5.78. The standard InChI is InChI=1S/C15H23NO/c1-16-15(13-7-3-2-4-8-13)11-10-14-9-5-6-12-17-14/h2-4,7-8,14-16H,5-6,9-12H2,1H3. The Bertz CT molecular complexity index is 306. The first-order valence-electron chi connectivity index (χ1n) is 6.74. The summed E-state index contributed by atoms with van der Waals surface area (Å²) >= 11 is 0. The van der Waals surface area contributed by atoms with Gasteiger partial charge in [-0.15, -0.1) is 0 Å². The lowest BCUT2D eigenvalue weighted by Crippen LogP contribution is -2.22. The molecule has 0 amide bonds. The molecule has 1 heterocycles. The largest absolute Gasteiger partial charge is 0.378 e. The van der Waals surface area contributed by atoms with Crippen LogP contribution in [0.1, 0.15) is 43.7 Å². The topological polar surface area (TPSA) is 21.3 Å². The average molecular weight is 233 g/mol. The van der Waals surface area contributed by atoms with Crippen LogP contribution in [-0.2, 0) is 4.74 Å². The van der Waals surface area contributed by atoms with Crippen LogP contribution in [0.25, 0.3) is 0 Å². The van der Waals surface area contributed by atoms with E-state index in [0.717, 1.165) is 13.0 Å². The lowest BCUT2D eigenvalue weighted by atomic mass is 9.97. The highest BCUT2D eigenvalue weighted by molar-refractivity contribution is 5.18. The molecule has 0 bridgehead atoms. The maximum Gasteiger partial charge on any atom is 0.0575 e.